The normalized spacial score (nSPS) is 25.8. The fourth-order valence-corrected chi connectivity index (χ4v) is 4.58. The third-order valence-corrected chi connectivity index (χ3v) is 6.08. The topological polar surface area (TPSA) is 53.0 Å². The average Bonchev–Trinajstić information content (AvgIpc) is 3.38. The van der Waals surface area contributed by atoms with E-state index in [4.69, 9.17) is 4.74 Å². The Morgan fingerprint density at radius 3 is 2.76 bits per heavy atom. The van der Waals surface area contributed by atoms with E-state index in [1.165, 1.54) is 25.8 Å². The number of amides is 1. The molecule has 1 N–H and O–H groups in total. The number of rotatable bonds is 5. The Morgan fingerprint density at radius 1 is 1.28 bits per heavy atom. The van der Waals surface area contributed by atoms with Crippen molar-refractivity contribution in [3.63, 3.8) is 0 Å². The Bertz CT molecular complexity index is 638. The number of piperidine rings is 1. The van der Waals surface area contributed by atoms with Crippen molar-refractivity contribution in [3.8, 4) is 5.75 Å². The third-order valence-electron chi connectivity index (χ3n) is 6.08. The molecular formula is C20H28N2O3. The SMILES string of the molecule is COC[C@@H]1CCN(CC2CC2)C2(C1)CN(C(=O)c1cccc(O)c1)C2. The molecule has 1 spiro atoms. The van der Waals surface area contributed by atoms with Crippen LogP contribution in [0.15, 0.2) is 24.3 Å². The molecule has 0 aromatic heterocycles. The Labute approximate surface area is 149 Å². The third kappa shape index (κ3) is 3.40. The van der Waals surface area contributed by atoms with E-state index in [0.717, 1.165) is 38.6 Å². The number of likely N-dealkylation sites (tertiary alicyclic amines) is 2. The second-order valence-corrected chi connectivity index (χ2v) is 8.14. The first kappa shape index (κ1) is 16.9. The van der Waals surface area contributed by atoms with Crippen LogP contribution in [0.25, 0.3) is 0 Å². The van der Waals surface area contributed by atoms with Crippen molar-refractivity contribution < 1.29 is 14.6 Å². The maximum Gasteiger partial charge on any atom is 0.254 e. The van der Waals surface area contributed by atoms with Crippen LogP contribution in [0, 0.1) is 11.8 Å². The molecule has 1 saturated carbocycles. The van der Waals surface area contributed by atoms with Gasteiger partial charge in [0.1, 0.15) is 5.75 Å². The van der Waals surface area contributed by atoms with Crippen LogP contribution in [0.2, 0.25) is 0 Å². The summed E-state index contributed by atoms with van der Waals surface area (Å²) in [6, 6.07) is 6.67. The molecule has 1 atom stereocenters. The summed E-state index contributed by atoms with van der Waals surface area (Å²) in [7, 11) is 1.78. The molecule has 1 amide bonds. The number of carbonyl (C=O) groups excluding carboxylic acids is 1. The maximum absolute atomic E-state index is 12.7. The second kappa shape index (κ2) is 6.61. The van der Waals surface area contributed by atoms with E-state index in [-0.39, 0.29) is 17.2 Å². The van der Waals surface area contributed by atoms with Crippen LogP contribution in [0.4, 0.5) is 0 Å². The van der Waals surface area contributed by atoms with Gasteiger partial charge in [-0.3, -0.25) is 9.69 Å². The van der Waals surface area contributed by atoms with E-state index in [9.17, 15) is 9.90 Å². The molecule has 3 aliphatic rings. The lowest BCUT2D eigenvalue weighted by Gasteiger charge is -2.59. The van der Waals surface area contributed by atoms with E-state index in [0.29, 0.717) is 11.5 Å². The maximum atomic E-state index is 12.7. The van der Waals surface area contributed by atoms with E-state index < -0.39 is 0 Å². The molecule has 0 radical (unpaired) electrons. The fourth-order valence-electron chi connectivity index (χ4n) is 4.58. The lowest BCUT2D eigenvalue weighted by atomic mass is 9.74. The van der Waals surface area contributed by atoms with Crippen molar-refractivity contribution in [2.75, 3.05) is 39.9 Å². The van der Waals surface area contributed by atoms with Gasteiger partial charge < -0.3 is 14.7 Å². The lowest BCUT2D eigenvalue weighted by molar-refractivity contribution is -0.0870. The first-order chi connectivity index (χ1) is 12.1. The molecule has 1 aromatic carbocycles. The van der Waals surface area contributed by atoms with Crippen LogP contribution in [-0.2, 0) is 4.74 Å². The van der Waals surface area contributed by atoms with E-state index in [2.05, 4.69) is 4.90 Å². The Kier molecular flexibility index (Phi) is 4.46. The van der Waals surface area contributed by atoms with Crippen LogP contribution >= 0.6 is 0 Å². The van der Waals surface area contributed by atoms with Gasteiger partial charge in [-0.05, 0) is 62.3 Å². The van der Waals surface area contributed by atoms with Crippen LogP contribution in [0.5, 0.6) is 5.75 Å². The van der Waals surface area contributed by atoms with Crippen molar-refractivity contribution in [2.24, 2.45) is 11.8 Å². The number of ether oxygens (including phenoxy) is 1. The molecule has 5 nitrogen and oxygen atoms in total. The first-order valence-corrected chi connectivity index (χ1v) is 9.42. The van der Waals surface area contributed by atoms with Crippen molar-refractivity contribution in [2.45, 2.75) is 31.2 Å². The first-order valence-electron chi connectivity index (χ1n) is 9.42. The van der Waals surface area contributed by atoms with Gasteiger partial charge in [0.15, 0.2) is 0 Å². The molecule has 5 heteroatoms. The zero-order valence-corrected chi connectivity index (χ0v) is 15.0. The van der Waals surface area contributed by atoms with Gasteiger partial charge in [0.05, 0.1) is 5.54 Å². The second-order valence-electron chi connectivity index (χ2n) is 8.14. The molecule has 25 heavy (non-hydrogen) atoms. The van der Waals surface area contributed by atoms with Crippen molar-refractivity contribution in [3.05, 3.63) is 29.8 Å². The quantitative estimate of drug-likeness (QED) is 0.891. The standard InChI is InChI=1S/C20H28N2O3/c1-25-12-16-7-8-22(11-15-5-6-15)20(10-16)13-21(14-20)19(24)17-3-2-4-18(23)9-17/h2-4,9,15-16,23H,5-8,10-14H2,1H3/t16-/m1/s1. The Morgan fingerprint density at radius 2 is 2.08 bits per heavy atom. The summed E-state index contributed by atoms with van der Waals surface area (Å²) in [6.45, 7) is 4.73. The number of hydrogen-bond donors (Lipinski definition) is 1. The number of carbonyl (C=O) groups is 1. The van der Waals surface area contributed by atoms with Crippen molar-refractivity contribution in [1.82, 2.24) is 9.80 Å². The number of hydrogen-bond acceptors (Lipinski definition) is 4. The van der Waals surface area contributed by atoms with Gasteiger partial charge >= 0.3 is 0 Å². The monoisotopic (exact) mass is 344 g/mol. The number of aromatic hydroxyl groups is 1. The van der Waals surface area contributed by atoms with Crippen LogP contribution < -0.4 is 0 Å². The molecule has 136 valence electrons. The predicted octanol–water partition coefficient (Wildman–Crippen LogP) is 2.36. The molecule has 0 bridgehead atoms. The van der Waals surface area contributed by atoms with E-state index >= 15 is 0 Å². The predicted molar refractivity (Wildman–Crippen MR) is 95.6 cm³/mol. The van der Waals surface area contributed by atoms with Gasteiger partial charge in [-0.1, -0.05) is 6.07 Å². The number of benzene rings is 1. The van der Waals surface area contributed by atoms with Crippen molar-refractivity contribution in [1.29, 1.82) is 0 Å². The Hall–Kier alpha value is -1.59. The highest BCUT2D eigenvalue weighted by Gasteiger charge is 2.52. The molecule has 2 heterocycles. The molecule has 2 aliphatic heterocycles. The molecule has 1 aliphatic carbocycles. The Balaban J connectivity index is 1.45. The summed E-state index contributed by atoms with van der Waals surface area (Å²) in [5.74, 6) is 1.64. The molecule has 0 unspecified atom stereocenters. The molecule has 1 aromatic rings. The van der Waals surface area contributed by atoms with Gasteiger partial charge in [-0.15, -0.1) is 0 Å². The number of methoxy groups -OCH3 is 1. The highest BCUT2D eigenvalue weighted by Crippen LogP contribution is 2.42. The van der Waals surface area contributed by atoms with Crippen LogP contribution in [0.3, 0.4) is 0 Å². The van der Waals surface area contributed by atoms with E-state index in [1.54, 1.807) is 31.4 Å². The summed E-state index contributed by atoms with van der Waals surface area (Å²) in [5, 5.41) is 9.63. The summed E-state index contributed by atoms with van der Waals surface area (Å²) < 4.78 is 5.40. The van der Waals surface area contributed by atoms with Crippen molar-refractivity contribution >= 4 is 5.91 Å². The molecule has 2 saturated heterocycles. The number of phenolic OH excluding ortho intramolecular Hbond substituents is 1. The molecule has 4 rings (SSSR count). The summed E-state index contributed by atoms with van der Waals surface area (Å²) in [6.07, 6.45) is 5.04. The highest BCUT2D eigenvalue weighted by molar-refractivity contribution is 5.95. The smallest absolute Gasteiger partial charge is 0.254 e. The molecule has 3 fully saturated rings. The number of nitrogens with zero attached hydrogens (tertiary/aromatic N) is 2. The van der Waals surface area contributed by atoms with Gasteiger partial charge in [0, 0.05) is 38.9 Å². The summed E-state index contributed by atoms with van der Waals surface area (Å²) in [4.78, 5) is 17.3. The minimum absolute atomic E-state index is 0.0294. The van der Waals surface area contributed by atoms with Gasteiger partial charge in [-0.2, -0.15) is 0 Å². The minimum atomic E-state index is 0.0294. The summed E-state index contributed by atoms with van der Waals surface area (Å²) in [5.41, 5.74) is 0.712. The van der Waals surface area contributed by atoms with Gasteiger partial charge in [-0.25, -0.2) is 0 Å². The zero-order valence-electron chi connectivity index (χ0n) is 15.0. The minimum Gasteiger partial charge on any atom is -0.508 e. The van der Waals surface area contributed by atoms with Gasteiger partial charge in [0.25, 0.3) is 5.91 Å². The average molecular weight is 344 g/mol. The van der Waals surface area contributed by atoms with E-state index in [1.807, 2.05) is 4.90 Å². The lowest BCUT2D eigenvalue weighted by Crippen LogP contribution is -2.73. The van der Waals surface area contributed by atoms with Crippen LogP contribution in [-0.4, -0.2) is 66.2 Å². The van der Waals surface area contributed by atoms with Crippen LogP contribution in [0.1, 0.15) is 36.0 Å². The largest absolute Gasteiger partial charge is 0.508 e. The van der Waals surface area contributed by atoms with Gasteiger partial charge in [0.2, 0.25) is 0 Å². The number of phenols is 1. The molecular weight excluding hydrogens is 316 g/mol. The zero-order chi connectivity index (χ0) is 17.4. The highest BCUT2D eigenvalue weighted by atomic mass is 16.5. The fraction of sp³-hybridized carbons (Fsp3) is 0.650. The summed E-state index contributed by atoms with van der Waals surface area (Å²) >= 11 is 0.